The number of rotatable bonds is 5. The van der Waals surface area contributed by atoms with Crippen LogP contribution in [0.3, 0.4) is 0 Å². The van der Waals surface area contributed by atoms with Crippen LogP contribution in [0.4, 0.5) is 0 Å². The highest BCUT2D eigenvalue weighted by Gasteiger charge is 2.09. The lowest BCUT2D eigenvalue weighted by atomic mass is 10.1. The zero-order chi connectivity index (χ0) is 14.9. The maximum absolute atomic E-state index is 6.03. The van der Waals surface area contributed by atoms with E-state index in [1.54, 1.807) is 0 Å². The molecule has 1 saturated heterocycles. The summed E-state index contributed by atoms with van der Waals surface area (Å²) >= 11 is 0. The Labute approximate surface area is 129 Å². The highest BCUT2D eigenvalue weighted by molar-refractivity contribution is 5.28. The molecular weight excluding hydrogens is 258 g/mol. The largest absolute Gasteiger partial charge is 0.478 e. The molecule has 1 fully saturated rings. The molecule has 1 aromatic carbocycles. The van der Waals surface area contributed by atoms with E-state index >= 15 is 0 Å². The lowest BCUT2D eigenvalue weighted by molar-refractivity contribution is 0.243. The monoisotopic (exact) mass is 285 g/mol. The number of nitrogens with zero attached hydrogens (tertiary/aromatic N) is 1. The van der Waals surface area contributed by atoms with Crippen LogP contribution in [0.25, 0.3) is 0 Å². The van der Waals surface area contributed by atoms with Crippen LogP contribution in [-0.2, 0) is 0 Å². The molecule has 2 rings (SSSR count). The first-order chi connectivity index (χ1) is 10.3. The molecule has 114 valence electrons. The van der Waals surface area contributed by atoms with Gasteiger partial charge < -0.3 is 4.74 Å². The number of ether oxygens (including phenoxy) is 1. The third kappa shape index (κ3) is 5.81. The second-order valence-electron chi connectivity index (χ2n) is 5.87. The fourth-order valence-electron chi connectivity index (χ4n) is 2.66. The average Bonchev–Trinajstić information content (AvgIpc) is 2.48. The van der Waals surface area contributed by atoms with Gasteiger partial charge in [0.05, 0.1) is 6.54 Å². The Morgan fingerprint density at radius 3 is 2.76 bits per heavy atom. The van der Waals surface area contributed by atoms with Crippen molar-refractivity contribution in [3.05, 3.63) is 29.8 Å². The lowest BCUT2D eigenvalue weighted by Gasteiger charge is -2.24. The van der Waals surface area contributed by atoms with Crippen LogP contribution in [0.15, 0.2) is 24.3 Å². The van der Waals surface area contributed by atoms with Crippen LogP contribution in [0.5, 0.6) is 5.75 Å². The fourth-order valence-corrected chi connectivity index (χ4v) is 2.66. The Morgan fingerprint density at radius 1 is 1.24 bits per heavy atom. The molecule has 1 aliphatic heterocycles. The molecule has 1 aliphatic rings. The van der Waals surface area contributed by atoms with Crippen LogP contribution in [0.2, 0.25) is 0 Å². The highest BCUT2D eigenvalue weighted by atomic mass is 16.5. The summed E-state index contributed by atoms with van der Waals surface area (Å²) in [5, 5.41) is 0. The third-order valence-corrected chi connectivity index (χ3v) is 3.83. The molecule has 1 heterocycles. The second kappa shape index (κ2) is 8.74. The first kappa shape index (κ1) is 15.9. The van der Waals surface area contributed by atoms with Crippen molar-refractivity contribution in [2.75, 3.05) is 19.6 Å². The smallest absolute Gasteiger partial charge is 0.159 e. The Balaban J connectivity index is 1.89. The Bertz CT molecular complexity index is 480. The molecule has 0 N–H and O–H groups in total. The van der Waals surface area contributed by atoms with Crippen LogP contribution in [0, 0.1) is 18.8 Å². The van der Waals surface area contributed by atoms with E-state index in [9.17, 15) is 0 Å². The summed E-state index contributed by atoms with van der Waals surface area (Å²) in [5.41, 5.74) is 1.23. The van der Waals surface area contributed by atoms with Crippen molar-refractivity contribution in [2.24, 2.45) is 0 Å². The van der Waals surface area contributed by atoms with E-state index in [0.717, 1.165) is 25.1 Å². The summed E-state index contributed by atoms with van der Waals surface area (Å²) in [6.45, 7) is 7.55. The van der Waals surface area contributed by atoms with Gasteiger partial charge in [-0.2, -0.15) is 0 Å². The molecule has 2 heteroatoms. The zero-order valence-corrected chi connectivity index (χ0v) is 13.4. The molecule has 0 bridgehead atoms. The minimum atomic E-state index is 0.0154. The number of hydrogen-bond donors (Lipinski definition) is 0. The van der Waals surface area contributed by atoms with E-state index in [4.69, 9.17) is 4.74 Å². The molecule has 2 nitrogen and oxygen atoms in total. The number of aryl methyl sites for hydroxylation is 1. The van der Waals surface area contributed by atoms with Gasteiger partial charge in [-0.1, -0.05) is 43.7 Å². The van der Waals surface area contributed by atoms with Crippen molar-refractivity contribution in [3.63, 3.8) is 0 Å². The predicted octanol–water partition coefficient (Wildman–Crippen LogP) is 4.03. The maximum atomic E-state index is 6.03. The quantitative estimate of drug-likeness (QED) is 0.757. The molecule has 0 spiro atoms. The molecule has 1 unspecified atom stereocenters. The Morgan fingerprint density at radius 2 is 2.05 bits per heavy atom. The highest BCUT2D eigenvalue weighted by Crippen LogP contribution is 2.16. The summed E-state index contributed by atoms with van der Waals surface area (Å²) in [6, 6.07) is 8.22. The van der Waals surface area contributed by atoms with Crippen LogP contribution in [0.1, 0.15) is 44.6 Å². The number of hydrogen-bond acceptors (Lipinski definition) is 2. The molecule has 0 amide bonds. The lowest BCUT2D eigenvalue weighted by Crippen LogP contribution is -2.30. The van der Waals surface area contributed by atoms with Gasteiger partial charge in [0.15, 0.2) is 6.10 Å². The van der Waals surface area contributed by atoms with E-state index in [1.807, 2.05) is 12.1 Å². The predicted molar refractivity (Wildman–Crippen MR) is 88.6 cm³/mol. The number of likely N-dealkylation sites (tertiary alicyclic amines) is 1. The molecule has 21 heavy (non-hydrogen) atoms. The number of benzene rings is 1. The van der Waals surface area contributed by atoms with Crippen LogP contribution in [-0.4, -0.2) is 30.6 Å². The third-order valence-electron chi connectivity index (χ3n) is 3.83. The first-order valence-electron chi connectivity index (χ1n) is 8.22. The van der Waals surface area contributed by atoms with Gasteiger partial charge in [-0.15, -0.1) is 0 Å². The van der Waals surface area contributed by atoms with Crippen molar-refractivity contribution in [2.45, 2.75) is 52.1 Å². The van der Waals surface area contributed by atoms with Crippen molar-refractivity contribution in [3.8, 4) is 17.6 Å². The van der Waals surface area contributed by atoms with E-state index in [2.05, 4.69) is 42.7 Å². The van der Waals surface area contributed by atoms with Gasteiger partial charge in [0.25, 0.3) is 0 Å². The van der Waals surface area contributed by atoms with Gasteiger partial charge in [0.2, 0.25) is 0 Å². The Kier molecular flexibility index (Phi) is 6.63. The summed E-state index contributed by atoms with van der Waals surface area (Å²) in [7, 11) is 0. The van der Waals surface area contributed by atoms with Crippen molar-refractivity contribution >= 4 is 0 Å². The summed E-state index contributed by atoms with van der Waals surface area (Å²) in [6.07, 6.45) is 6.11. The maximum Gasteiger partial charge on any atom is 0.159 e. The standard InChI is InChI=1S/C19H27NO/c1-3-9-18(21-19-11-7-10-17(2)16-19)12-8-15-20-13-5-4-6-14-20/h7,10-11,16,18H,3-6,9,13-15H2,1-2H3. The van der Waals surface area contributed by atoms with E-state index in [-0.39, 0.29) is 6.10 Å². The first-order valence-corrected chi connectivity index (χ1v) is 8.22. The van der Waals surface area contributed by atoms with Gasteiger partial charge in [0, 0.05) is 0 Å². The van der Waals surface area contributed by atoms with Crippen LogP contribution < -0.4 is 4.74 Å². The fraction of sp³-hybridized carbons (Fsp3) is 0.579. The van der Waals surface area contributed by atoms with E-state index in [0.29, 0.717) is 0 Å². The summed E-state index contributed by atoms with van der Waals surface area (Å²) in [5.74, 6) is 7.58. The number of piperidine rings is 1. The molecule has 0 aromatic heterocycles. The van der Waals surface area contributed by atoms with E-state index in [1.165, 1.54) is 37.9 Å². The Hall–Kier alpha value is -1.46. The molecule has 0 aliphatic carbocycles. The average molecular weight is 285 g/mol. The molecule has 0 saturated carbocycles. The van der Waals surface area contributed by atoms with Crippen molar-refractivity contribution in [1.29, 1.82) is 0 Å². The molecule has 1 atom stereocenters. The normalized spacial score (nSPS) is 16.9. The molecular formula is C19H27NO. The SMILES string of the molecule is CCCC(C#CCN1CCCCC1)Oc1cccc(C)c1. The van der Waals surface area contributed by atoms with Crippen molar-refractivity contribution < 1.29 is 4.74 Å². The molecule has 1 aromatic rings. The zero-order valence-electron chi connectivity index (χ0n) is 13.4. The van der Waals surface area contributed by atoms with Gasteiger partial charge in [-0.25, -0.2) is 0 Å². The minimum absolute atomic E-state index is 0.0154. The van der Waals surface area contributed by atoms with Gasteiger partial charge in [-0.3, -0.25) is 4.90 Å². The van der Waals surface area contributed by atoms with Gasteiger partial charge in [0.1, 0.15) is 5.75 Å². The minimum Gasteiger partial charge on any atom is -0.478 e. The van der Waals surface area contributed by atoms with Gasteiger partial charge >= 0.3 is 0 Å². The van der Waals surface area contributed by atoms with Crippen LogP contribution >= 0.6 is 0 Å². The van der Waals surface area contributed by atoms with E-state index < -0.39 is 0 Å². The van der Waals surface area contributed by atoms with Gasteiger partial charge in [-0.05, 0) is 57.0 Å². The summed E-state index contributed by atoms with van der Waals surface area (Å²) < 4.78 is 6.03. The van der Waals surface area contributed by atoms with Crippen molar-refractivity contribution in [1.82, 2.24) is 4.90 Å². The summed E-state index contributed by atoms with van der Waals surface area (Å²) in [4.78, 5) is 2.45. The molecule has 0 radical (unpaired) electrons. The second-order valence-corrected chi connectivity index (χ2v) is 5.87. The topological polar surface area (TPSA) is 12.5 Å².